The van der Waals surface area contributed by atoms with Gasteiger partial charge in [0.2, 0.25) is 0 Å². The Morgan fingerprint density at radius 2 is 2.50 bits per heavy atom. The van der Waals surface area contributed by atoms with Crippen LogP contribution in [0.1, 0.15) is 6.42 Å². The van der Waals surface area contributed by atoms with E-state index >= 15 is 0 Å². The number of carboxylic acid groups (broad SMARTS) is 1. The van der Waals surface area contributed by atoms with Crippen LogP contribution in [0.5, 0.6) is 0 Å². The number of nitrogens with zero attached hydrogens (tertiary/aromatic N) is 1. The van der Waals surface area contributed by atoms with E-state index in [4.69, 9.17) is 9.84 Å². The summed E-state index contributed by atoms with van der Waals surface area (Å²) in [5, 5.41) is 11.8. The Hall–Kier alpha value is -0.650. The van der Waals surface area contributed by atoms with Crippen LogP contribution in [-0.2, 0) is 9.53 Å². The molecule has 0 aromatic heterocycles. The van der Waals surface area contributed by atoms with E-state index in [1.165, 1.54) is 0 Å². The highest BCUT2D eigenvalue weighted by molar-refractivity contribution is 5.67. The molecule has 1 unspecified atom stereocenters. The Bertz CT molecular complexity index is 187. The molecule has 1 rings (SSSR count). The van der Waals surface area contributed by atoms with Crippen molar-refractivity contribution in [1.29, 1.82) is 0 Å². The highest BCUT2D eigenvalue weighted by Gasteiger charge is 2.20. The molecule has 1 atom stereocenters. The molecule has 0 aromatic rings. The number of carboxylic acids is 1. The van der Waals surface area contributed by atoms with Crippen molar-refractivity contribution in [3.05, 3.63) is 0 Å². The van der Waals surface area contributed by atoms with E-state index in [-0.39, 0.29) is 12.5 Å². The lowest BCUT2D eigenvalue weighted by molar-refractivity contribution is -0.137. The minimum Gasteiger partial charge on any atom is -0.481 e. The van der Waals surface area contributed by atoms with Gasteiger partial charge in [0.25, 0.3) is 0 Å². The fourth-order valence-corrected chi connectivity index (χ4v) is 1.67. The number of carbonyl (C=O) groups is 1. The minimum atomic E-state index is -0.740. The Balaban J connectivity index is 2.24. The van der Waals surface area contributed by atoms with Gasteiger partial charge < -0.3 is 15.2 Å². The van der Waals surface area contributed by atoms with Crippen molar-refractivity contribution in [1.82, 2.24) is 10.2 Å². The third kappa shape index (κ3) is 4.04. The summed E-state index contributed by atoms with van der Waals surface area (Å²) in [7, 11) is 1.68. The van der Waals surface area contributed by atoms with Gasteiger partial charge in [0.15, 0.2) is 0 Å². The van der Waals surface area contributed by atoms with Crippen LogP contribution in [0.4, 0.5) is 0 Å². The fraction of sp³-hybridized carbons (Fsp3) is 0.889. The molecule has 1 heterocycles. The summed E-state index contributed by atoms with van der Waals surface area (Å²) in [6.07, 6.45) is 0.198. The fourth-order valence-electron chi connectivity index (χ4n) is 1.67. The first-order valence-electron chi connectivity index (χ1n) is 4.89. The number of piperazine rings is 1. The molecule has 1 fully saturated rings. The molecular weight excluding hydrogens is 184 g/mol. The summed E-state index contributed by atoms with van der Waals surface area (Å²) in [6.45, 7) is 4.23. The number of hydrogen-bond donors (Lipinski definition) is 2. The SMILES string of the molecule is COCCN1CCNC(CC(=O)O)C1. The lowest BCUT2D eigenvalue weighted by atomic mass is 10.1. The summed E-state index contributed by atoms with van der Waals surface area (Å²) >= 11 is 0. The molecule has 2 N–H and O–H groups in total. The number of aliphatic carboxylic acids is 1. The van der Waals surface area contributed by atoms with Crippen LogP contribution in [0, 0.1) is 0 Å². The maximum absolute atomic E-state index is 10.5. The van der Waals surface area contributed by atoms with E-state index < -0.39 is 5.97 Å². The van der Waals surface area contributed by atoms with Crippen molar-refractivity contribution >= 4 is 5.97 Å². The molecule has 82 valence electrons. The molecule has 0 spiro atoms. The molecule has 14 heavy (non-hydrogen) atoms. The van der Waals surface area contributed by atoms with E-state index in [2.05, 4.69) is 10.2 Å². The van der Waals surface area contributed by atoms with Gasteiger partial charge in [-0.2, -0.15) is 0 Å². The van der Waals surface area contributed by atoms with E-state index in [0.717, 1.165) is 26.2 Å². The molecule has 0 aliphatic carbocycles. The number of nitrogens with one attached hydrogen (secondary N) is 1. The molecule has 0 radical (unpaired) electrons. The first-order chi connectivity index (χ1) is 6.72. The second-order valence-corrected chi connectivity index (χ2v) is 3.54. The lowest BCUT2D eigenvalue weighted by Crippen LogP contribution is -2.52. The Kier molecular flexibility index (Phi) is 4.86. The molecule has 0 bridgehead atoms. The van der Waals surface area contributed by atoms with Gasteiger partial charge in [-0.1, -0.05) is 0 Å². The number of rotatable bonds is 5. The predicted octanol–water partition coefficient (Wildman–Crippen LogP) is -0.619. The van der Waals surface area contributed by atoms with E-state index in [1.54, 1.807) is 7.11 Å². The molecule has 0 saturated carbocycles. The summed E-state index contributed by atoms with van der Waals surface area (Å²) in [6, 6.07) is 0.0816. The van der Waals surface area contributed by atoms with Crippen molar-refractivity contribution < 1.29 is 14.6 Å². The summed E-state index contributed by atoms with van der Waals surface area (Å²) in [4.78, 5) is 12.7. The zero-order valence-electron chi connectivity index (χ0n) is 8.53. The van der Waals surface area contributed by atoms with Gasteiger partial charge in [0.05, 0.1) is 13.0 Å². The Morgan fingerprint density at radius 3 is 3.14 bits per heavy atom. The molecule has 0 aromatic carbocycles. The van der Waals surface area contributed by atoms with Gasteiger partial charge in [-0.05, 0) is 0 Å². The maximum Gasteiger partial charge on any atom is 0.304 e. The Labute approximate surface area is 84.0 Å². The third-order valence-corrected chi connectivity index (χ3v) is 2.37. The average Bonchev–Trinajstić information content (AvgIpc) is 2.14. The van der Waals surface area contributed by atoms with Crippen LogP contribution < -0.4 is 5.32 Å². The number of ether oxygens (including phenoxy) is 1. The van der Waals surface area contributed by atoms with E-state index in [9.17, 15) is 4.79 Å². The molecule has 0 amide bonds. The second kappa shape index (κ2) is 5.95. The van der Waals surface area contributed by atoms with Gasteiger partial charge in [0, 0.05) is 39.3 Å². The zero-order chi connectivity index (χ0) is 10.4. The van der Waals surface area contributed by atoms with Gasteiger partial charge >= 0.3 is 5.97 Å². The van der Waals surface area contributed by atoms with Crippen LogP contribution in [0.15, 0.2) is 0 Å². The molecule has 5 nitrogen and oxygen atoms in total. The van der Waals surface area contributed by atoms with Crippen LogP contribution in [0.2, 0.25) is 0 Å². The summed E-state index contributed by atoms with van der Waals surface area (Å²) < 4.78 is 4.98. The minimum absolute atomic E-state index is 0.0816. The normalized spacial score (nSPS) is 23.6. The third-order valence-electron chi connectivity index (χ3n) is 2.37. The van der Waals surface area contributed by atoms with Crippen molar-refractivity contribution in [2.75, 3.05) is 39.9 Å². The van der Waals surface area contributed by atoms with Crippen molar-refractivity contribution in [3.63, 3.8) is 0 Å². The van der Waals surface area contributed by atoms with Crippen molar-refractivity contribution in [2.45, 2.75) is 12.5 Å². The largest absolute Gasteiger partial charge is 0.481 e. The van der Waals surface area contributed by atoms with Crippen LogP contribution in [-0.4, -0.2) is 61.9 Å². The van der Waals surface area contributed by atoms with Crippen LogP contribution >= 0.6 is 0 Å². The zero-order valence-corrected chi connectivity index (χ0v) is 8.53. The smallest absolute Gasteiger partial charge is 0.304 e. The molecule has 1 saturated heterocycles. The van der Waals surface area contributed by atoms with E-state index in [1.807, 2.05) is 0 Å². The first-order valence-corrected chi connectivity index (χ1v) is 4.89. The van der Waals surface area contributed by atoms with Gasteiger partial charge in [-0.15, -0.1) is 0 Å². The molecule has 5 heteroatoms. The van der Waals surface area contributed by atoms with Gasteiger partial charge in [-0.3, -0.25) is 9.69 Å². The summed E-state index contributed by atoms with van der Waals surface area (Å²) in [5.41, 5.74) is 0. The first kappa shape index (κ1) is 11.4. The maximum atomic E-state index is 10.5. The van der Waals surface area contributed by atoms with Crippen LogP contribution in [0.3, 0.4) is 0 Å². The monoisotopic (exact) mass is 202 g/mol. The van der Waals surface area contributed by atoms with Crippen LogP contribution in [0.25, 0.3) is 0 Å². The topological polar surface area (TPSA) is 61.8 Å². The molecule has 1 aliphatic heterocycles. The predicted molar refractivity (Wildman–Crippen MR) is 52.4 cm³/mol. The summed E-state index contributed by atoms with van der Waals surface area (Å²) in [5.74, 6) is -0.740. The van der Waals surface area contributed by atoms with Gasteiger partial charge in [-0.25, -0.2) is 0 Å². The molecular formula is C9H18N2O3. The highest BCUT2D eigenvalue weighted by atomic mass is 16.5. The van der Waals surface area contributed by atoms with Crippen molar-refractivity contribution in [2.24, 2.45) is 0 Å². The van der Waals surface area contributed by atoms with E-state index in [0.29, 0.717) is 6.61 Å². The average molecular weight is 202 g/mol. The number of methoxy groups -OCH3 is 1. The van der Waals surface area contributed by atoms with Gasteiger partial charge in [0.1, 0.15) is 0 Å². The van der Waals surface area contributed by atoms with Crippen molar-refractivity contribution in [3.8, 4) is 0 Å². The lowest BCUT2D eigenvalue weighted by Gasteiger charge is -2.32. The molecule has 1 aliphatic rings. The standard InChI is InChI=1S/C9H18N2O3/c1-14-5-4-11-3-2-10-8(7-11)6-9(12)13/h8,10H,2-7H2,1H3,(H,12,13). The number of hydrogen-bond acceptors (Lipinski definition) is 4. The Morgan fingerprint density at radius 1 is 1.71 bits per heavy atom. The quantitative estimate of drug-likeness (QED) is 0.622. The second-order valence-electron chi connectivity index (χ2n) is 3.54. The highest BCUT2D eigenvalue weighted by Crippen LogP contribution is 2.02.